The molecule has 1 aliphatic heterocycles. The Labute approximate surface area is 160 Å². The monoisotopic (exact) mass is 366 g/mol. The number of hydrogen-bond acceptors (Lipinski definition) is 3. The van der Waals surface area contributed by atoms with Crippen molar-refractivity contribution in [2.24, 2.45) is 0 Å². The van der Waals surface area contributed by atoms with Crippen molar-refractivity contribution in [3.63, 3.8) is 0 Å². The highest BCUT2D eigenvalue weighted by molar-refractivity contribution is 5.80. The van der Waals surface area contributed by atoms with E-state index in [2.05, 4.69) is 18.2 Å². The number of para-hydroxylation sites is 1. The fourth-order valence-electron chi connectivity index (χ4n) is 3.22. The number of rotatable bonds is 5. The van der Waals surface area contributed by atoms with Crippen molar-refractivity contribution in [1.29, 1.82) is 0 Å². The van der Waals surface area contributed by atoms with Crippen LogP contribution < -0.4 is 4.74 Å². The van der Waals surface area contributed by atoms with Crippen molar-refractivity contribution < 1.29 is 14.3 Å². The standard InChI is InChI=1S/C22H26N2O3/c1-17-8-9-18(2)19(14-17)15-21(25)23-10-12-24(13-11-23)22(26)16-27-20-6-4-3-5-7-20/h3-9,14H,10-13,15-16H2,1-2H3. The highest BCUT2D eigenvalue weighted by Crippen LogP contribution is 2.14. The molecule has 0 spiro atoms. The second kappa shape index (κ2) is 8.71. The van der Waals surface area contributed by atoms with E-state index in [0.29, 0.717) is 38.3 Å². The van der Waals surface area contributed by atoms with Crippen LogP contribution >= 0.6 is 0 Å². The van der Waals surface area contributed by atoms with E-state index in [-0.39, 0.29) is 18.4 Å². The molecular formula is C22H26N2O3. The minimum absolute atomic E-state index is 0.0282. The van der Waals surface area contributed by atoms with Gasteiger partial charge in [0.15, 0.2) is 6.61 Å². The zero-order valence-electron chi connectivity index (χ0n) is 16.0. The molecule has 0 N–H and O–H groups in total. The van der Waals surface area contributed by atoms with Crippen LogP contribution in [0.15, 0.2) is 48.5 Å². The summed E-state index contributed by atoms with van der Waals surface area (Å²) in [5, 5.41) is 0. The second-order valence-electron chi connectivity index (χ2n) is 6.97. The minimum Gasteiger partial charge on any atom is -0.484 e. The van der Waals surface area contributed by atoms with Crippen molar-refractivity contribution in [3.05, 3.63) is 65.2 Å². The van der Waals surface area contributed by atoms with E-state index in [1.165, 1.54) is 0 Å². The number of amides is 2. The maximum absolute atomic E-state index is 12.6. The van der Waals surface area contributed by atoms with E-state index < -0.39 is 0 Å². The van der Waals surface area contributed by atoms with Crippen LogP contribution in [0, 0.1) is 13.8 Å². The average molecular weight is 366 g/mol. The van der Waals surface area contributed by atoms with Gasteiger partial charge >= 0.3 is 0 Å². The molecule has 0 bridgehead atoms. The zero-order chi connectivity index (χ0) is 19.2. The average Bonchev–Trinajstić information content (AvgIpc) is 2.70. The molecule has 1 heterocycles. The molecule has 0 atom stereocenters. The largest absolute Gasteiger partial charge is 0.484 e. The molecule has 3 rings (SSSR count). The Morgan fingerprint density at radius 2 is 1.52 bits per heavy atom. The number of carbonyl (C=O) groups excluding carboxylic acids is 2. The number of carbonyl (C=O) groups is 2. The van der Waals surface area contributed by atoms with Crippen molar-refractivity contribution >= 4 is 11.8 Å². The van der Waals surface area contributed by atoms with Crippen LogP contribution in [-0.4, -0.2) is 54.4 Å². The first-order valence-electron chi connectivity index (χ1n) is 9.32. The van der Waals surface area contributed by atoms with Crippen LogP contribution in [0.25, 0.3) is 0 Å². The molecule has 0 saturated carbocycles. The topological polar surface area (TPSA) is 49.9 Å². The van der Waals surface area contributed by atoms with Gasteiger partial charge in [0.1, 0.15) is 5.75 Å². The summed E-state index contributed by atoms with van der Waals surface area (Å²) in [6.45, 7) is 6.34. The molecule has 27 heavy (non-hydrogen) atoms. The molecule has 0 aliphatic carbocycles. The van der Waals surface area contributed by atoms with E-state index in [4.69, 9.17) is 4.74 Å². The molecule has 1 fully saturated rings. The van der Waals surface area contributed by atoms with E-state index in [0.717, 1.165) is 16.7 Å². The molecule has 1 aliphatic rings. The minimum atomic E-state index is -0.0412. The first kappa shape index (κ1) is 19.0. The molecule has 0 aromatic heterocycles. The summed E-state index contributed by atoms with van der Waals surface area (Å²) in [7, 11) is 0. The molecule has 2 aromatic rings. The van der Waals surface area contributed by atoms with Gasteiger partial charge in [0.2, 0.25) is 5.91 Å². The SMILES string of the molecule is Cc1ccc(C)c(CC(=O)N2CCN(C(=O)COc3ccccc3)CC2)c1. The number of piperazine rings is 1. The Morgan fingerprint density at radius 1 is 0.889 bits per heavy atom. The third-order valence-corrected chi connectivity index (χ3v) is 4.94. The lowest BCUT2D eigenvalue weighted by Crippen LogP contribution is -2.52. The van der Waals surface area contributed by atoms with Crippen LogP contribution in [0.4, 0.5) is 0 Å². The predicted molar refractivity (Wildman–Crippen MR) is 105 cm³/mol. The summed E-state index contributed by atoms with van der Waals surface area (Å²) in [6, 6.07) is 15.5. The van der Waals surface area contributed by atoms with Crippen molar-refractivity contribution in [1.82, 2.24) is 9.80 Å². The first-order valence-corrected chi connectivity index (χ1v) is 9.32. The van der Waals surface area contributed by atoms with E-state index in [1.807, 2.05) is 49.1 Å². The molecule has 5 heteroatoms. The summed E-state index contributed by atoms with van der Waals surface area (Å²) in [5.74, 6) is 0.769. The van der Waals surface area contributed by atoms with Gasteiger partial charge in [-0.1, -0.05) is 42.0 Å². The number of hydrogen-bond donors (Lipinski definition) is 0. The van der Waals surface area contributed by atoms with Gasteiger partial charge in [0.25, 0.3) is 5.91 Å². The number of nitrogens with zero attached hydrogens (tertiary/aromatic N) is 2. The predicted octanol–water partition coefficient (Wildman–Crippen LogP) is 2.60. The zero-order valence-corrected chi connectivity index (χ0v) is 16.0. The smallest absolute Gasteiger partial charge is 0.260 e. The summed E-state index contributed by atoms with van der Waals surface area (Å²) in [5.41, 5.74) is 3.38. The van der Waals surface area contributed by atoms with E-state index in [9.17, 15) is 9.59 Å². The Balaban J connectivity index is 1.47. The van der Waals surface area contributed by atoms with E-state index in [1.54, 1.807) is 4.90 Å². The second-order valence-corrected chi connectivity index (χ2v) is 6.97. The Bertz CT molecular complexity index is 796. The summed E-state index contributed by atoms with van der Waals surface area (Å²) in [4.78, 5) is 28.6. The fourth-order valence-corrected chi connectivity index (χ4v) is 3.22. The summed E-state index contributed by atoms with van der Waals surface area (Å²) >= 11 is 0. The quantitative estimate of drug-likeness (QED) is 0.817. The van der Waals surface area contributed by atoms with Crippen molar-refractivity contribution in [2.45, 2.75) is 20.3 Å². The van der Waals surface area contributed by atoms with Gasteiger partial charge in [-0.3, -0.25) is 9.59 Å². The number of aryl methyl sites for hydroxylation is 2. The summed E-state index contributed by atoms with van der Waals surface area (Å²) in [6.07, 6.45) is 0.415. The van der Waals surface area contributed by atoms with Gasteiger partial charge in [-0.05, 0) is 37.1 Å². The fraction of sp³-hybridized carbons (Fsp3) is 0.364. The third kappa shape index (κ3) is 5.09. The highest BCUT2D eigenvalue weighted by Gasteiger charge is 2.24. The summed E-state index contributed by atoms with van der Waals surface area (Å²) < 4.78 is 5.53. The first-order chi connectivity index (χ1) is 13.0. The van der Waals surface area contributed by atoms with Crippen LogP contribution in [0.1, 0.15) is 16.7 Å². The van der Waals surface area contributed by atoms with Gasteiger partial charge in [-0.25, -0.2) is 0 Å². The third-order valence-electron chi connectivity index (χ3n) is 4.94. The Kier molecular flexibility index (Phi) is 6.12. The highest BCUT2D eigenvalue weighted by atomic mass is 16.5. The van der Waals surface area contributed by atoms with Crippen LogP contribution in [0.2, 0.25) is 0 Å². The molecule has 0 unspecified atom stereocenters. The maximum Gasteiger partial charge on any atom is 0.260 e. The number of benzene rings is 2. The molecular weight excluding hydrogens is 340 g/mol. The Hall–Kier alpha value is -2.82. The molecule has 0 radical (unpaired) electrons. The molecule has 142 valence electrons. The van der Waals surface area contributed by atoms with Crippen molar-refractivity contribution in [2.75, 3.05) is 32.8 Å². The van der Waals surface area contributed by atoms with Gasteiger partial charge in [0, 0.05) is 26.2 Å². The lowest BCUT2D eigenvalue weighted by molar-refractivity contribution is -0.140. The number of ether oxygens (including phenoxy) is 1. The Morgan fingerprint density at radius 3 is 2.19 bits per heavy atom. The molecule has 1 saturated heterocycles. The van der Waals surface area contributed by atoms with Gasteiger partial charge < -0.3 is 14.5 Å². The molecule has 2 aromatic carbocycles. The lowest BCUT2D eigenvalue weighted by Gasteiger charge is -2.35. The van der Waals surface area contributed by atoms with Crippen LogP contribution in [0.3, 0.4) is 0 Å². The van der Waals surface area contributed by atoms with Gasteiger partial charge in [0.05, 0.1) is 6.42 Å². The van der Waals surface area contributed by atoms with Crippen molar-refractivity contribution in [3.8, 4) is 5.75 Å². The molecule has 2 amide bonds. The van der Waals surface area contributed by atoms with Gasteiger partial charge in [-0.15, -0.1) is 0 Å². The lowest BCUT2D eigenvalue weighted by atomic mass is 10.0. The normalized spacial score (nSPS) is 14.1. The van der Waals surface area contributed by atoms with Gasteiger partial charge in [-0.2, -0.15) is 0 Å². The molecule has 5 nitrogen and oxygen atoms in total. The maximum atomic E-state index is 12.6. The van der Waals surface area contributed by atoms with E-state index >= 15 is 0 Å². The van der Waals surface area contributed by atoms with Crippen LogP contribution in [0.5, 0.6) is 5.75 Å². The van der Waals surface area contributed by atoms with Crippen LogP contribution in [-0.2, 0) is 16.0 Å².